The summed E-state index contributed by atoms with van der Waals surface area (Å²) in [4.78, 5) is 31.3. The van der Waals surface area contributed by atoms with Crippen molar-refractivity contribution >= 4 is 23.6 Å². The average molecular weight is 494 g/mol. The Balaban J connectivity index is 1.53. The second-order valence-electron chi connectivity index (χ2n) is 9.06. The number of rotatable bonds is 7. The molecule has 0 saturated carbocycles. The first kappa shape index (κ1) is 25.6. The molecule has 0 aliphatic carbocycles. The fourth-order valence-corrected chi connectivity index (χ4v) is 4.78. The number of anilines is 1. The highest BCUT2D eigenvalue weighted by molar-refractivity contribution is 6.15. The van der Waals surface area contributed by atoms with Crippen molar-refractivity contribution in [1.29, 1.82) is 0 Å². The first-order chi connectivity index (χ1) is 17.4. The second-order valence-corrected chi connectivity index (χ2v) is 9.06. The zero-order valence-electron chi connectivity index (χ0n) is 21.5. The molecule has 0 aromatic heterocycles. The number of carbonyl (C=O) groups excluding carboxylic acids is 2. The van der Waals surface area contributed by atoms with Crippen LogP contribution in [0.5, 0.6) is 11.5 Å². The molecule has 8 nitrogen and oxygen atoms in total. The van der Waals surface area contributed by atoms with Gasteiger partial charge in [-0.25, -0.2) is 4.79 Å². The highest BCUT2D eigenvalue weighted by Gasteiger charge is 2.34. The van der Waals surface area contributed by atoms with Crippen molar-refractivity contribution in [2.45, 2.75) is 34.2 Å². The molecule has 2 aliphatic heterocycles. The predicted octanol–water partition coefficient (Wildman–Crippen LogP) is 4.44. The van der Waals surface area contributed by atoms with E-state index in [0.29, 0.717) is 61.8 Å². The summed E-state index contributed by atoms with van der Waals surface area (Å²) in [6.07, 6.45) is 1.46. The lowest BCUT2D eigenvalue weighted by molar-refractivity contribution is 0.0774. The molecule has 0 radical (unpaired) electrons. The van der Waals surface area contributed by atoms with E-state index in [1.165, 1.54) is 0 Å². The van der Waals surface area contributed by atoms with Crippen LogP contribution in [0.3, 0.4) is 0 Å². The lowest BCUT2D eigenvalue weighted by atomic mass is 9.99. The minimum atomic E-state index is -0.301. The largest absolute Gasteiger partial charge is 0.507 e. The smallest absolute Gasteiger partial charge is 0.409 e. The maximum atomic E-state index is 13.3. The molecule has 0 atom stereocenters. The third-order valence-corrected chi connectivity index (χ3v) is 6.82. The summed E-state index contributed by atoms with van der Waals surface area (Å²) >= 11 is 0. The SMILES string of the molecule is CCOC(=O)N1CCN(Cc2c(O)cc(C)c3c2O/C(=C\c2ccc(N(CC)CC)cc2)C3=O)CC1. The summed E-state index contributed by atoms with van der Waals surface area (Å²) in [6.45, 7) is 12.8. The van der Waals surface area contributed by atoms with Gasteiger partial charge in [-0.1, -0.05) is 12.1 Å². The number of carbonyl (C=O) groups is 2. The van der Waals surface area contributed by atoms with Gasteiger partial charge in [-0.05, 0) is 63.1 Å². The van der Waals surface area contributed by atoms with Crippen molar-refractivity contribution in [2.24, 2.45) is 0 Å². The highest BCUT2D eigenvalue weighted by atomic mass is 16.6. The fourth-order valence-electron chi connectivity index (χ4n) is 4.78. The molecule has 36 heavy (non-hydrogen) atoms. The van der Waals surface area contributed by atoms with Gasteiger partial charge in [0.15, 0.2) is 5.76 Å². The van der Waals surface area contributed by atoms with Crippen molar-refractivity contribution in [3.63, 3.8) is 0 Å². The van der Waals surface area contributed by atoms with E-state index in [-0.39, 0.29) is 23.4 Å². The molecule has 192 valence electrons. The highest BCUT2D eigenvalue weighted by Crippen LogP contribution is 2.42. The Bertz CT molecular complexity index is 1150. The topological polar surface area (TPSA) is 82.6 Å². The third-order valence-electron chi connectivity index (χ3n) is 6.82. The molecule has 4 rings (SSSR count). The van der Waals surface area contributed by atoms with Gasteiger partial charge in [-0.3, -0.25) is 9.69 Å². The number of Topliss-reactive ketones (excluding diaryl/α,β-unsaturated/α-hetero) is 1. The molecular weight excluding hydrogens is 458 g/mol. The van der Waals surface area contributed by atoms with E-state index in [1.54, 1.807) is 24.0 Å². The van der Waals surface area contributed by atoms with E-state index < -0.39 is 0 Å². The van der Waals surface area contributed by atoms with Crippen molar-refractivity contribution in [1.82, 2.24) is 9.80 Å². The van der Waals surface area contributed by atoms with Gasteiger partial charge in [0, 0.05) is 51.5 Å². The number of allylic oxidation sites excluding steroid dienone is 1. The summed E-state index contributed by atoms with van der Waals surface area (Å²) in [5.74, 6) is 0.611. The number of phenols is 1. The number of ether oxygens (including phenoxy) is 2. The summed E-state index contributed by atoms with van der Waals surface area (Å²) in [5, 5.41) is 10.8. The van der Waals surface area contributed by atoms with Gasteiger partial charge in [0.05, 0.1) is 17.7 Å². The Labute approximate surface area is 212 Å². The van der Waals surface area contributed by atoms with Crippen LogP contribution in [0.25, 0.3) is 6.08 Å². The number of amides is 1. The number of phenolic OH excluding ortho intramolecular Hbond substituents is 1. The average Bonchev–Trinajstić information content (AvgIpc) is 3.20. The number of piperazine rings is 1. The minimum Gasteiger partial charge on any atom is -0.507 e. The lowest BCUT2D eigenvalue weighted by Crippen LogP contribution is -2.48. The number of ketones is 1. The van der Waals surface area contributed by atoms with Crippen LogP contribution in [0.4, 0.5) is 10.5 Å². The van der Waals surface area contributed by atoms with E-state index in [2.05, 4.69) is 23.6 Å². The van der Waals surface area contributed by atoms with Crippen molar-refractivity contribution in [2.75, 3.05) is 50.8 Å². The van der Waals surface area contributed by atoms with Gasteiger partial charge in [0.1, 0.15) is 11.5 Å². The number of hydrogen-bond acceptors (Lipinski definition) is 7. The number of hydrogen-bond donors (Lipinski definition) is 1. The molecule has 8 heteroatoms. The minimum absolute atomic E-state index is 0.108. The summed E-state index contributed by atoms with van der Waals surface area (Å²) in [7, 11) is 0. The zero-order chi connectivity index (χ0) is 25.8. The number of fused-ring (bicyclic) bond motifs is 1. The number of aromatic hydroxyl groups is 1. The Morgan fingerprint density at radius 1 is 1.11 bits per heavy atom. The summed E-state index contributed by atoms with van der Waals surface area (Å²) in [6, 6.07) is 9.68. The molecule has 2 aliphatic rings. The van der Waals surface area contributed by atoms with Crippen LogP contribution in [0.2, 0.25) is 0 Å². The van der Waals surface area contributed by atoms with E-state index >= 15 is 0 Å². The first-order valence-corrected chi connectivity index (χ1v) is 12.6. The van der Waals surface area contributed by atoms with E-state index in [4.69, 9.17) is 9.47 Å². The molecule has 1 fully saturated rings. The standard InChI is InChI=1S/C28H35N3O5/c1-5-30(6-2)21-10-8-20(9-11-21)17-24-26(33)25-19(4)16-23(32)22(27(25)36-24)18-29-12-14-31(15-13-29)28(34)35-7-3/h8-11,16-17,32H,5-7,12-15,18H2,1-4H3/b24-17-. The molecular formula is C28H35N3O5. The van der Waals surface area contributed by atoms with Crippen LogP contribution in [-0.2, 0) is 11.3 Å². The van der Waals surface area contributed by atoms with Crippen LogP contribution in [0.15, 0.2) is 36.1 Å². The van der Waals surface area contributed by atoms with Crippen molar-refractivity contribution in [3.8, 4) is 11.5 Å². The number of benzene rings is 2. The first-order valence-electron chi connectivity index (χ1n) is 12.6. The van der Waals surface area contributed by atoms with Crippen LogP contribution in [-0.4, -0.2) is 72.7 Å². The van der Waals surface area contributed by atoms with Crippen molar-refractivity contribution in [3.05, 3.63) is 58.3 Å². The van der Waals surface area contributed by atoms with Crippen LogP contribution >= 0.6 is 0 Å². The normalized spacial score (nSPS) is 16.7. The van der Waals surface area contributed by atoms with E-state index in [0.717, 1.165) is 24.3 Å². The Kier molecular flexibility index (Phi) is 7.84. The van der Waals surface area contributed by atoms with Gasteiger partial charge < -0.3 is 24.4 Å². The second kappa shape index (κ2) is 11.0. The molecule has 0 unspecified atom stereocenters. The van der Waals surface area contributed by atoms with Gasteiger partial charge in [-0.15, -0.1) is 0 Å². The maximum absolute atomic E-state index is 13.3. The molecule has 0 bridgehead atoms. The molecule has 1 N–H and O–H groups in total. The third kappa shape index (κ3) is 5.18. The maximum Gasteiger partial charge on any atom is 0.409 e. The van der Waals surface area contributed by atoms with Crippen LogP contribution in [0.1, 0.15) is 47.8 Å². The Morgan fingerprint density at radius 2 is 1.78 bits per heavy atom. The molecule has 0 spiro atoms. The van der Waals surface area contributed by atoms with E-state index in [9.17, 15) is 14.7 Å². The van der Waals surface area contributed by atoms with Gasteiger partial charge in [0.25, 0.3) is 0 Å². The summed E-state index contributed by atoms with van der Waals surface area (Å²) < 4.78 is 11.2. The molecule has 2 aromatic rings. The summed E-state index contributed by atoms with van der Waals surface area (Å²) in [5.41, 5.74) is 3.78. The monoisotopic (exact) mass is 493 g/mol. The predicted molar refractivity (Wildman–Crippen MR) is 140 cm³/mol. The Hall–Kier alpha value is -3.52. The van der Waals surface area contributed by atoms with Crippen molar-refractivity contribution < 1.29 is 24.2 Å². The van der Waals surface area contributed by atoms with Crippen LogP contribution < -0.4 is 9.64 Å². The Morgan fingerprint density at radius 3 is 2.39 bits per heavy atom. The quantitative estimate of drug-likeness (QED) is 0.571. The lowest BCUT2D eigenvalue weighted by Gasteiger charge is -2.34. The fraction of sp³-hybridized carbons (Fsp3) is 0.429. The van der Waals surface area contributed by atoms with Crippen LogP contribution in [0, 0.1) is 6.92 Å². The van der Waals surface area contributed by atoms with Gasteiger partial charge in [-0.2, -0.15) is 0 Å². The number of aryl methyl sites for hydroxylation is 1. The van der Waals surface area contributed by atoms with Gasteiger partial charge in [0.2, 0.25) is 5.78 Å². The van der Waals surface area contributed by atoms with Gasteiger partial charge >= 0.3 is 6.09 Å². The molecule has 2 aromatic carbocycles. The molecule has 1 amide bonds. The van der Waals surface area contributed by atoms with E-state index in [1.807, 2.05) is 31.2 Å². The zero-order valence-corrected chi connectivity index (χ0v) is 21.5. The molecule has 1 saturated heterocycles. The number of nitrogens with zero attached hydrogens (tertiary/aromatic N) is 3. The molecule has 2 heterocycles.